The summed E-state index contributed by atoms with van der Waals surface area (Å²) in [5.41, 5.74) is 6.53. The molecule has 6 heteroatoms. The van der Waals surface area contributed by atoms with Gasteiger partial charge in [-0.25, -0.2) is 0 Å². The molecule has 1 N–H and O–H groups in total. The van der Waals surface area contributed by atoms with Crippen LogP contribution in [0.25, 0.3) is 21.5 Å². The van der Waals surface area contributed by atoms with Crippen molar-refractivity contribution in [2.24, 2.45) is 4.99 Å². The van der Waals surface area contributed by atoms with Crippen molar-refractivity contribution in [2.75, 3.05) is 17.2 Å². The van der Waals surface area contributed by atoms with Crippen molar-refractivity contribution in [1.82, 2.24) is 0 Å². The molecular formula is C39H40N2O3S. The van der Waals surface area contributed by atoms with Crippen molar-refractivity contribution in [3.8, 4) is 0 Å². The molecule has 0 saturated heterocycles. The Morgan fingerprint density at radius 3 is 2.07 bits per heavy atom. The molecule has 2 aliphatic heterocycles. The van der Waals surface area contributed by atoms with E-state index in [2.05, 4.69) is 130 Å². The molecule has 0 amide bonds. The molecule has 45 heavy (non-hydrogen) atoms. The minimum Gasteiger partial charge on any atom is -0.344 e. The van der Waals surface area contributed by atoms with Gasteiger partial charge in [-0.05, 0) is 69.8 Å². The minimum atomic E-state index is -3.97. The number of allylic oxidation sites excluding steroid dienone is 8. The smallest absolute Gasteiger partial charge is 0.264 e. The third-order valence-corrected chi connectivity index (χ3v) is 9.96. The number of nitrogens with zero attached hydrogens (tertiary/aromatic N) is 2. The van der Waals surface area contributed by atoms with Crippen LogP contribution in [-0.2, 0) is 20.9 Å². The second kappa shape index (κ2) is 11.9. The number of anilines is 1. The fourth-order valence-electron chi connectivity index (χ4n) is 6.97. The van der Waals surface area contributed by atoms with Gasteiger partial charge in [0.15, 0.2) is 0 Å². The third-order valence-electron chi connectivity index (χ3n) is 9.15. The van der Waals surface area contributed by atoms with Crippen LogP contribution >= 0.6 is 0 Å². The molecule has 0 unspecified atom stereocenters. The molecule has 0 atom stereocenters. The molecule has 0 fully saturated rings. The summed E-state index contributed by atoms with van der Waals surface area (Å²) in [6.45, 7) is 9.64. The SMILES string of the molecule is CC1(C)C(/C=C/C=C/C=C/C=C2\N(CCCCS(=O)(=O)O)c3ccc4ccccc4c3C2(C)C)=Nc2ccc3ccccc3c21. The molecule has 6 rings (SSSR count). The predicted octanol–water partition coefficient (Wildman–Crippen LogP) is 9.38. The monoisotopic (exact) mass is 616 g/mol. The average molecular weight is 617 g/mol. The molecule has 2 aliphatic rings. The van der Waals surface area contributed by atoms with Crippen LogP contribution in [0.2, 0.25) is 0 Å². The zero-order valence-corrected chi connectivity index (χ0v) is 27.2. The molecule has 0 bridgehead atoms. The van der Waals surface area contributed by atoms with Gasteiger partial charge >= 0.3 is 0 Å². The van der Waals surface area contributed by atoms with Crippen molar-refractivity contribution in [3.63, 3.8) is 0 Å². The molecule has 0 radical (unpaired) electrons. The van der Waals surface area contributed by atoms with Gasteiger partial charge in [0.25, 0.3) is 10.1 Å². The molecule has 230 valence electrons. The van der Waals surface area contributed by atoms with E-state index in [1.165, 1.54) is 32.7 Å². The van der Waals surface area contributed by atoms with Crippen molar-refractivity contribution >= 4 is 48.7 Å². The van der Waals surface area contributed by atoms with Gasteiger partial charge in [0.2, 0.25) is 0 Å². The molecule has 0 spiro atoms. The second-order valence-electron chi connectivity index (χ2n) is 12.9. The molecule has 0 aromatic heterocycles. The lowest BCUT2D eigenvalue weighted by atomic mass is 9.79. The fraction of sp³-hybridized carbons (Fsp3) is 0.256. The number of benzene rings is 4. The van der Waals surface area contributed by atoms with Gasteiger partial charge in [-0.1, -0.05) is 119 Å². The predicted molar refractivity (Wildman–Crippen MR) is 190 cm³/mol. The summed E-state index contributed by atoms with van der Waals surface area (Å²) in [7, 11) is -3.97. The van der Waals surface area contributed by atoms with Crippen molar-refractivity contribution in [2.45, 2.75) is 51.4 Å². The van der Waals surface area contributed by atoms with Crippen LogP contribution in [0.4, 0.5) is 11.4 Å². The third kappa shape index (κ3) is 5.92. The van der Waals surface area contributed by atoms with Crippen LogP contribution in [-0.4, -0.2) is 31.0 Å². The molecule has 0 aliphatic carbocycles. The Morgan fingerprint density at radius 2 is 1.36 bits per heavy atom. The quantitative estimate of drug-likeness (QED) is 0.116. The van der Waals surface area contributed by atoms with E-state index in [-0.39, 0.29) is 16.6 Å². The van der Waals surface area contributed by atoms with Crippen molar-refractivity contribution < 1.29 is 13.0 Å². The lowest BCUT2D eigenvalue weighted by molar-refractivity contribution is 0.480. The number of aliphatic imine (C=N–C) groups is 1. The maximum absolute atomic E-state index is 11.3. The first-order valence-electron chi connectivity index (χ1n) is 15.6. The van der Waals surface area contributed by atoms with Crippen LogP contribution in [0, 0.1) is 0 Å². The molecule has 2 heterocycles. The van der Waals surface area contributed by atoms with Gasteiger partial charge < -0.3 is 4.90 Å². The van der Waals surface area contributed by atoms with Crippen molar-refractivity contribution in [1.29, 1.82) is 0 Å². The maximum Gasteiger partial charge on any atom is 0.264 e. The van der Waals surface area contributed by atoms with E-state index in [1.54, 1.807) is 0 Å². The van der Waals surface area contributed by atoms with Crippen LogP contribution in [0.5, 0.6) is 0 Å². The van der Waals surface area contributed by atoms with Crippen molar-refractivity contribution in [3.05, 3.63) is 132 Å². The fourth-order valence-corrected chi connectivity index (χ4v) is 7.54. The zero-order valence-electron chi connectivity index (χ0n) is 26.4. The summed E-state index contributed by atoms with van der Waals surface area (Å²) in [5, 5.41) is 4.93. The molecular weight excluding hydrogens is 577 g/mol. The Kier molecular flexibility index (Phi) is 8.14. The molecule has 5 nitrogen and oxygen atoms in total. The van der Waals surface area contributed by atoms with Gasteiger partial charge in [-0.2, -0.15) is 8.42 Å². The van der Waals surface area contributed by atoms with E-state index >= 15 is 0 Å². The van der Waals surface area contributed by atoms with Gasteiger partial charge in [-0.15, -0.1) is 0 Å². The number of rotatable bonds is 9. The standard InChI is InChI=1S/C39H40N2O3S/c1-38(2)34(40-32-24-22-28-16-10-12-18-30(28)36(32)38)20-8-6-5-7-9-21-35-39(3,4)37-31-19-13-11-17-29(31)23-25-33(37)41(35)26-14-15-27-45(42,43)44/h5-13,16-25H,14-15,26-27H2,1-4H3,(H,42,43,44)/b6-5+,9-7+,20-8+,35-21-. The largest absolute Gasteiger partial charge is 0.344 e. The topological polar surface area (TPSA) is 70.0 Å². The van der Waals surface area contributed by atoms with E-state index in [9.17, 15) is 13.0 Å². The Morgan fingerprint density at radius 1 is 0.733 bits per heavy atom. The minimum absolute atomic E-state index is 0.182. The normalized spacial score (nSPS) is 18.2. The van der Waals surface area contributed by atoms with Crippen LogP contribution in [0.15, 0.2) is 126 Å². The van der Waals surface area contributed by atoms with E-state index in [1.807, 2.05) is 18.2 Å². The first-order chi connectivity index (χ1) is 21.5. The van der Waals surface area contributed by atoms with E-state index in [4.69, 9.17) is 4.99 Å². The summed E-state index contributed by atoms with van der Waals surface area (Å²) in [6.07, 6.45) is 15.5. The molecule has 4 aromatic carbocycles. The lowest BCUT2D eigenvalue weighted by Crippen LogP contribution is -2.27. The highest BCUT2D eigenvalue weighted by molar-refractivity contribution is 7.85. The van der Waals surface area contributed by atoms with Crippen LogP contribution < -0.4 is 4.90 Å². The highest BCUT2D eigenvalue weighted by atomic mass is 32.2. The van der Waals surface area contributed by atoms with Gasteiger partial charge in [0.05, 0.1) is 17.2 Å². The highest BCUT2D eigenvalue weighted by Crippen LogP contribution is 2.51. The summed E-state index contributed by atoms with van der Waals surface area (Å²) < 4.78 is 31.8. The van der Waals surface area contributed by atoms with Gasteiger partial charge in [0, 0.05) is 28.8 Å². The Balaban J connectivity index is 1.21. The molecule has 0 saturated carbocycles. The lowest BCUT2D eigenvalue weighted by Gasteiger charge is -2.27. The number of fused-ring (bicyclic) bond motifs is 6. The summed E-state index contributed by atoms with van der Waals surface area (Å²) >= 11 is 0. The molecule has 4 aromatic rings. The van der Waals surface area contributed by atoms with Gasteiger partial charge in [0.1, 0.15) is 0 Å². The van der Waals surface area contributed by atoms with E-state index in [0.717, 1.165) is 22.8 Å². The Bertz CT molecular complexity index is 2050. The number of hydrogen-bond acceptors (Lipinski definition) is 4. The maximum atomic E-state index is 11.3. The van der Waals surface area contributed by atoms with Crippen LogP contribution in [0.3, 0.4) is 0 Å². The summed E-state index contributed by atoms with van der Waals surface area (Å²) in [5.74, 6) is -0.224. The highest BCUT2D eigenvalue weighted by Gasteiger charge is 2.41. The Hall–Kier alpha value is -4.26. The van der Waals surface area contributed by atoms with Gasteiger partial charge in [-0.3, -0.25) is 9.55 Å². The second-order valence-corrected chi connectivity index (χ2v) is 14.5. The van der Waals surface area contributed by atoms with E-state index in [0.29, 0.717) is 19.4 Å². The number of hydrogen-bond donors (Lipinski definition) is 1. The van der Waals surface area contributed by atoms with E-state index < -0.39 is 10.1 Å². The zero-order chi connectivity index (χ0) is 31.8. The number of unbranched alkanes of at least 4 members (excludes halogenated alkanes) is 1. The average Bonchev–Trinajstić information content (AvgIpc) is 3.39. The first-order valence-corrected chi connectivity index (χ1v) is 17.2. The Labute approximate surface area is 266 Å². The summed E-state index contributed by atoms with van der Waals surface area (Å²) in [6, 6.07) is 25.6. The first kappa shape index (κ1) is 30.8. The summed E-state index contributed by atoms with van der Waals surface area (Å²) in [4.78, 5) is 7.27. The van der Waals surface area contributed by atoms with Crippen LogP contribution in [0.1, 0.15) is 51.7 Å².